The average molecular weight is 279 g/mol. The number of aromatic nitrogens is 1. The first kappa shape index (κ1) is 15.0. The zero-order valence-corrected chi connectivity index (χ0v) is 12.7. The predicted octanol–water partition coefficient (Wildman–Crippen LogP) is 1.82. The molecule has 1 atom stereocenters. The van der Waals surface area contributed by atoms with Crippen LogP contribution in [-0.2, 0) is 11.2 Å². The van der Waals surface area contributed by atoms with Crippen molar-refractivity contribution >= 4 is 5.91 Å². The van der Waals surface area contributed by atoms with E-state index < -0.39 is 0 Å². The van der Waals surface area contributed by atoms with Gasteiger partial charge in [0, 0.05) is 18.2 Å². The summed E-state index contributed by atoms with van der Waals surface area (Å²) in [5, 5.41) is 6.93. The minimum absolute atomic E-state index is 0.0528. The lowest BCUT2D eigenvalue weighted by molar-refractivity contribution is -0.120. The van der Waals surface area contributed by atoms with Crippen LogP contribution in [0.25, 0.3) is 0 Å². The smallest absolute Gasteiger partial charge is 0.224 e. The highest BCUT2D eigenvalue weighted by atomic mass is 16.5. The first-order chi connectivity index (χ1) is 9.61. The summed E-state index contributed by atoms with van der Waals surface area (Å²) in [6, 6.07) is 0.464. The Morgan fingerprint density at radius 2 is 2.10 bits per heavy atom. The molecular weight excluding hydrogens is 254 g/mol. The number of likely N-dealkylation sites (tertiary alicyclic amines) is 1. The van der Waals surface area contributed by atoms with Crippen LogP contribution in [0.1, 0.15) is 43.2 Å². The fraction of sp³-hybridized carbons (Fsp3) is 0.733. The summed E-state index contributed by atoms with van der Waals surface area (Å²) >= 11 is 0. The molecule has 0 bridgehead atoms. The van der Waals surface area contributed by atoms with Crippen molar-refractivity contribution in [1.29, 1.82) is 0 Å². The van der Waals surface area contributed by atoms with Crippen molar-refractivity contribution in [2.75, 3.05) is 19.6 Å². The van der Waals surface area contributed by atoms with Gasteiger partial charge in [0.25, 0.3) is 0 Å². The maximum Gasteiger partial charge on any atom is 0.224 e. The maximum atomic E-state index is 12.1. The molecule has 1 aliphatic rings. The van der Waals surface area contributed by atoms with Crippen LogP contribution >= 0.6 is 0 Å². The van der Waals surface area contributed by atoms with E-state index in [1.54, 1.807) is 0 Å². The Morgan fingerprint density at radius 3 is 2.65 bits per heavy atom. The number of nitrogens with zero attached hydrogens (tertiary/aromatic N) is 2. The van der Waals surface area contributed by atoms with Crippen LogP contribution in [0, 0.1) is 13.8 Å². The molecule has 2 rings (SSSR count). The first-order valence-corrected chi connectivity index (χ1v) is 7.54. The number of amides is 1. The summed E-state index contributed by atoms with van der Waals surface area (Å²) in [5.41, 5.74) is 1.72. The van der Waals surface area contributed by atoms with Crippen molar-refractivity contribution in [2.45, 2.75) is 52.5 Å². The summed E-state index contributed by atoms with van der Waals surface area (Å²) in [5.74, 6) is 0.793. The molecule has 1 N–H and O–H groups in total. The lowest BCUT2D eigenvalue weighted by Crippen LogP contribution is -2.42. The Balaban J connectivity index is 1.82. The lowest BCUT2D eigenvalue weighted by Gasteiger charge is -2.26. The number of carbonyl (C=O) groups is 1. The number of rotatable bonds is 6. The van der Waals surface area contributed by atoms with E-state index in [1.807, 2.05) is 13.8 Å². The van der Waals surface area contributed by atoms with Gasteiger partial charge in [-0.15, -0.1) is 0 Å². The Bertz CT molecular complexity index is 430. The molecular formula is C15H25N3O2. The molecule has 0 aliphatic carbocycles. The van der Waals surface area contributed by atoms with Crippen molar-refractivity contribution in [2.24, 2.45) is 0 Å². The monoisotopic (exact) mass is 279 g/mol. The second-order valence-electron chi connectivity index (χ2n) is 5.59. The van der Waals surface area contributed by atoms with E-state index in [-0.39, 0.29) is 5.91 Å². The van der Waals surface area contributed by atoms with Gasteiger partial charge in [0.1, 0.15) is 5.76 Å². The van der Waals surface area contributed by atoms with Crippen molar-refractivity contribution in [3.05, 3.63) is 17.0 Å². The highest BCUT2D eigenvalue weighted by Crippen LogP contribution is 2.14. The molecule has 1 aliphatic heterocycles. The van der Waals surface area contributed by atoms with E-state index in [4.69, 9.17) is 4.52 Å². The third-order valence-electron chi connectivity index (χ3n) is 4.18. The molecule has 1 aromatic rings. The van der Waals surface area contributed by atoms with Crippen LogP contribution < -0.4 is 5.32 Å². The van der Waals surface area contributed by atoms with E-state index in [0.717, 1.165) is 43.1 Å². The van der Waals surface area contributed by atoms with Crippen molar-refractivity contribution < 1.29 is 9.32 Å². The molecule has 20 heavy (non-hydrogen) atoms. The highest BCUT2D eigenvalue weighted by molar-refractivity contribution is 5.79. The number of aryl methyl sites for hydroxylation is 2. The summed E-state index contributed by atoms with van der Waals surface area (Å²) in [6.45, 7) is 8.97. The van der Waals surface area contributed by atoms with Crippen molar-refractivity contribution in [3.63, 3.8) is 0 Å². The van der Waals surface area contributed by atoms with Crippen molar-refractivity contribution in [1.82, 2.24) is 15.4 Å². The topological polar surface area (TPSA) is 58.4 Å². The molecule has 1 saturated heterocycles. The third kappa shape index (κ3) is 3.60. The number of hydrogen-bond acceptors (Lipinski definition) is 4. The molecule has 0 saturated carbocycles. The summed E-state index contributed by atoms with van der Waals surface area (Å²) in [4.78, 5) is 14.5. The molecule has 1 amide bonds. The van der Waals surface area contributed by atoms with E-state index in [0.29, 0.717) is 12.5 Å². The highest BCUT2D eigenvalue weighted by Gasteiger charge is 2.21. The first-order valence-electron chi connectivity index (χ1n) is 7.54. The predicted molar refractivity (Wildman–Crippen MR) is 77.6 cm³/mol. The van der Waals surface area contributed by atoms with Crippen molar-refractivity contribution in [3.8, 4) is 0 Å². The van der Waals surface area contributed by atoms with E-state index >= 15 is 0 Å². The van der Waals surface area contributed by atoms with Crippen LogP contribution in [0.3, 0.4) is 0 Å². The van der Waals surface area contributed by atoms with E-state index in [9.17, 15) is 4.79 Å². The van der Waals surface area contributed by atoms with Gasteiger partial charge in [0.15, 0.2) is 0 Å². The molecule has 112 valence electrons. The van der Waals surface area contributed by atoms with Crippen LogP contribution in [0.15, 0.2) is 4.52 Å². The molecule has 0 radical (unpaired) electrons. The minimum atomic E-state index is 0.0528. The molecule has 0 unspecified atom stereocenters. The van der Waals surface area contributed by atoms with Crippen LogP contribution in [0.2, 0.25) is 0 Å². The fourth-order valence-corrected chi connectivity index (χ4v) is 2.85. The van der Waals surface area contributed by atoms with E-state index in [1.165, 1.54) is 12.8 Å². The van der Waals surface area contributed by atoms with Gasteiger partial charge in [0.2, 0.25) is 5.91 Å². The van der Waals surface area contributed by atoms with Gasteiger partial charge in [-0.1, -0.05) is 12.1 Å². The summed E-state index contributed by atoms with van der Waals surface area (Å²) in [7, 11) is 0. The Morgan fingerprint density at radius 1 is 1.40 bits per heavy atom. The zero-order valence-electron chi connectivity index (χ0n) is 12.7. The van der Waals surface area contributed by atoms with Gasteiger partial charge in [-0.3, -0.25) is 9.69 Å². The molecule has 0 spiro atoms. The van der Waals surface area contributed by atoms with Gasteiger partial charge in [-0.25, -0.2) is 0 Å². The van der Waals surface area contributed by atoms with Crippen LogP contribution in [-0.4, -0.2) is 41.6 Å². The Kier molecular flexibility index (Phi) is 5.17. The van der Waals surface area contributed by atoms with Gasteiger partial charge < -0.3 is 9.84 Å². The third-order valence-corrected chi connectivity index (χ3v) is 4.18. The molecule has 5 heteroatoms. The zero-order chi connectivity index (χ0) is 14.5. The standard InChI is InChI=1S/C15H25N3O2/c1-4-13(18-7-5-6-8-18)10-16-15(19)9-14-11(2)17-20-12(14)3/h13H,4-10H2,1-3H3,(H,16,19)/t13-/m1/s1. The van der Waals surface area contributed by atoms with Gasteiger partial charge in [-0.05, 0) is 46.2 Å². The largest absolute Gasteiger partial charge is 0.361 e. The number of hydrogen-bond donors (Lipinski definition) is 1. The Labute approximate surface area is 120 Å². The Hall–Kier alpha value is -1.36. The maximum absolute atomic E-state index is 12.1. The van der Waals surface area contributed by atoms with Gasteiger partial charge in [0.05, 0.1) is 12.1 Å². The summed E-state index contributed by atoms with van der Waals surface area (Å²) < 4.78 is 5.09. The van der Waals surface area contributed by atoms with Crippen LogP contribution in [0.5, 0.6) is 0 Å². The normalized spacial score (nSPS) is 17.4. The summed E-state index contributed by atoms with van der Waals surface area (Å²) in [6.07, 6.45) is 4.00. The second-order valence-corrected chi connectivity index (χ2v) is 5.59. The SMILES string of the molecule is CC[C@H](CNC(=O)Cc1c(C)noc1C)N1CCCC1. The van der Waals surface area contributed by atoms with E-state index in [2.05, 4.69) is 22.3 Å². The molecule has 1 aromatic heterocycles. The van der Waals surface area contributed by atoms with Gasteiger partial charge >= 0.3 is 0 Å². The minimum Gasteiger partial charge on any atom is -0.361 e. The van der Waals surface area contributed by atoms with Gasteiger partial charge in [-0.2, -0.15) is 0 Å². The lowest BCUT2D eigenvalue weighted by atomic mass is 10.1. The molecule has 1 fully saturated rings. The molecule has 2 heterocycles. The fourth-order valence-electron chi connectivity index (χ4n) is 2.85. The van der Waals surface area contributed by atoms with Crippen LogP contribution in [0.4, 0.5) is 0 Å². The number of nitrogens with one attached hydrogen (secondary N) is 1. The quantitative estimate of drug-likeness (QED) is 0.863. The molecule has 0 aromatic carbocycles. The average Bonchev–Trinajstić information content (AvgIpc) is 3.05. The molecule has 5 nitrogen and oxygen atoms in total. The number of carbonyl (C=O) groups excluding carboxylic acids is 1. The second kappa shape index (κ2) is 6.88.